The van der Waals surface area contributed by atoms with Gasteiger partial charge in [-0.05, 0) is 50.1 Å². The van der Waals surface area contributed by atoms with E-state index in [1.807, 2.05) is 75.4 Å². The van der Waals surface area contributed by atoms with Gasteiger partial charge in [-0.3, -0.25) is 9.69 Å². The van der Waals surface area contributed by atoms with E-state index in [4.69, 9.17) is 21.7 Å². The molecule has 0 atom stereocenters. The van der Waals surface area contributed by atoms with Crippen molar-refractivity contribution in [1.82, 2.24) is 4.90 Å². The van der Waals surface area contributed by atoms with Gasteiger partial charge in [0.25, 0.3) is 5.91 Å². The molecular weight excluding hydrogens is 390 g/mol. The van der Waals surface area contributed by atoms with Gasteiger partial charge in [-0.15, -0.1) is 0 Å². The largest absolute Gasteiger partial charge is 0.490 e. The number of hydrogen-bond acceptors (Lipinski definition) is 5. The Labute approximate surface area is 175 Å². The molecule has 1 aliphatic rings. The van der Waals surface area contributed by atoms with E-state index >= 15 is 0 Å². The second kappa shape index (κ2) is 9.26. The molecule has 0 unspecified atom stereocenters. The Morgan fingerprint density at radius 2 is 1.86 bits per heavy atom. The van der Waals surface area contributed by atoms with Gasteiger partial charge >= 0.3 is 0 Å². The summed E-state index contributed by atoms with van der Waals surface area (Å²) in [5.41, 5.74) is 1.96. The quantitative estimate of drug-likeness (QED) is 0.456. The molecule has 6 heteroatoms. The van der Waals surface area contributed by atoms with E-state index in [0.29, 0.717) is 33.9 Å². The van der Waals surface area contributed by atoms with Crippen LogP contribution in [0.25, 0.3) is 6.08 Å². The lowest BCUT2D eigenvalue weighted by atomic mass is 10.1. The Hall–Kier alpha value is -2.31. The van der Waals surface area contributed by atoms with Gasteiger partial charge < -0.3 is 9.47 Å². The van der Waals surface area contributed by atoms with Crippen molar-refractivity contribution in [2.75, 3.05) is 6.61 Å². The van der Waals surface area contributed by atoms with Crippen molar-refractivity contribution in [2.45, 2.75) is 33.4 Å². The van der Waals surface area contributed by atoms with Gasteiger partial charge in [-0.2, -0.15) is 0 Å². The van der Waals surface area contributed by atoms with Gasteiger partial charge in [-0.1, -0.05) is 60.4 Å². The zero-order valence-corrected chi connectivity index (χ0v) is 17.8. The molecule has 2 aromatic rings. The summed E-state index contributed by atoms with van der Waals surface area (Å²) in [6, 6.07) is 15.7. The van der Waals surface area contributed by atoms with Crippen LogP contribution in [0.15, 0.2) is 53.4 Å². The van der Waals surface area contributed by atoms with E-state index in [9.17, 15) is 4.79 Å². The minimum Gasteiger partial charge on any atom is -0.490 e. The third-order valence-electron chi connectivity index (χ3n) is 4.14. The van der Waals surface area contributed by atoms with Gasteiger partial charge in [0.2, 0.25) is 0 Å². The number of ether oxygens (including phenoxy) is 2. The van der Waals surface area contributed by atoms with Gasteiger partial charge in [-0.25, -0.2) is 0 Å². The number of amides is 1. The topological polar surface area (TPSA) is 38.8 Å². The predicted molar refractivity (Wildman–Crippen MR) is 119 cm³/mol. The van der Waals surface area contributed by atoms with E-state index < -0.39 is 0 Å². The standard InChI is InChI=1S/C22H23NO3S2/c1-4-25-19-12-17(13-20-21(24)23(15(2)3)22(27)28-20)10-11-18(19)26-14-16-8-6-5-7-9-16/h5-13,15H,4,14H2,1-3H3/b20-13-. The van der Waals surface area contributed by atoms with Crippen molar-refractivity contribution < 1.29 is 14.3 Å². The summed E-state index contributed by atoms with van der Waals surface area (Å²) in [4.78, 5) is 14.9. The first kappa shape index (κ1) is 20.4. The van der Waals surface area contributed by atoms with E-state index in [-0.39, 0.29) is 11.9 Å². The fourth-order valence-electron chi connectivity index (χ4n) is 2.81. The minimum atomic E-state index is -0.0487. The SMILES string of the molecule is CCOc1cc(/C=C2\SC(=S)N(C(C)C)C2=O)ccc1OCc1ccccc1. The number of thiocarbonyl (C=S) groups is 1. The highest BCUT2D eigenvalue weighted by Gasteiger charge is 2.33. The number of carbonyl (C=O) groups excluding carboxylic acids is 1. The molecule has 1 saturated heterocycles. The summed E-state index contributed by atoms with van der Waals surface area (Å²) in [6.45, 7) is 6.84. The van der Waals surface area contributed by atoms with Crippen molar-refractivity contribution in [3.8, 4) is 11.5 Å². The van der Waals surface area contributed by atoms with Crippen LogP contribution in [0, 0.1) is 0 Å². The average Bonchev–Trinajstić information content (AvgIpc) is 2.95. The Kier molecular flexibility index (Phi) is 6.75. The predicted octanol–water partition coefficient (Wildman–Crippen LogP) is 5.27. The Morgan fingerprint density at radius 3 is 2.50 bits per heavy atom. The zero-order chi connectivity index (χ0) is 20.1. The summed E-state index contributed by atoms with van der Waals surface area (Å²) in [7, 11) is 0. The maximum atomic E-state index is 12.6. The highest BCUT2D eigenvalue weighted by atomic mass is 32.2. The van der Waals surface area contributed by atoms with Crippen LogP contribution in [0.2, 0.25) is 0 Å². The smallest absolute Gasteiger partial charge is 0.266 e. The molecule has 1 fully saturated rings. The van der Waals surface area contributed by atoms with Crippen molar-refractivity contribution in [2.24, 2.45) is 0 Å². The van der Waals surface area contributed by atoms with Crippen molar-refractivity contribution >= 4 is 40.3 Å². The van der Waals surface area contributed by atoms with Crippen LogP contribution in [0.3, 0.4) is 0 Å². The fraction of sp³-hybridized carbons (Fsp3) is 0.273. The lowest BCUT2D eigenvalue weighted by molar-refractivity contribution is -0.123. The summed E-state index contributed by atoms with van der Waals surface area (Å²) in [5.74, 6) is 1.29. The molecule has 146 valence electrons. The zero-order valence-electron chi connectivity index (χ0n) is 16.2. The molecule has 4 nitrogen and oxygen atoms in total. The highest BCUT2D eigenvalue weighted by Crippen LogP contribution is 2.35. The van der Waals surface area contributed by atoms with Crippen molar-refractivity contribution in [3.63, 3.8) is 0 Å². The molecular formula is C22H23NO3S2. The van der Waals surface area contributed by atoms with Crippen LogP contribution >= 0.6 is 24.0 Å². The molecule has 1 aliphatic heterocycles. The molecule has 28 heavy (non-hydrogen) atoms. The number of thioether (sulfide) groups is 1. The lowest BCUT2D eigenvalue weighted by Gasteiger charge is -2.18. The van der Waals surface area contributed by atoms with Crippen LogP contribution in [0.5, 0.6) is 11.5 Å². The number of hydrogen-bond donors (Lipinski definition) is 0. The Balaban J connectivity index is 1.80. The summed E-state index contributed by atoms with van der Waals surface area (Å²) in [6.07, 6.45) is 1.85. The Bertz CT molecular complexity index is 894. The first-order valence-electron chi connectivity index (χ1n) is 9.20. The monoisotopic (exact) mass is 413 g/mol. The second-order valence-corrected chi connectivity index (χ2v) is 8.23. The number of nitrogens with zero attached hydrogens (tertiary/aromatic N) is 1. The normalized spacial score (nSPS) is 15.6. The lowest BCUT2D eigenvalue weighted by Crippen LogP contribution is -2.34. The fourth-order valence-corrected chi connectivity index (χ4v) is 4.34. The van der Waals surface area contributed by atoms with Crippen molar-refractivity contribution in [3.05, 3.63) is 64.6 Å². The van der Waals surface area contributed by atoms with Crippen LogP contribution in [-0.4, -0.2) is 27.8 Å². The van der Waals surface area contributed by atoms with Crippen LogP contribution in [0.4, 0.5) is 0 Å². The summed E-state index contributed by atoms with van der Waals surface area (Å²) < 4.78 is 12.3. The summed E-state index contributed by atoms with van der Waals surface area (Å²) in [5, 5.41) is 0. The molecule has 3 rings (SSSR count). The van der Waals surface area contributed by atoms with Gasteiger partial charge in [0.1, 0.15) is 10.9 Å². The van der Waals surface area contributed by atoms with Crippen LogP contribution in [-0.2, 0) is 11.4 Å². The second-order valence-electron chi connectivity index (χ2n) is 6.56. The molecule has 0 N–H and O–H groups in total. The first-order valence-corrected chi connectivity index (χ1v) is 10.4. The molecule has 0 aliphatic carbocycles. The molecule has 0 bridgehead atoms. The van der Waals surface area contributed by atoms with Crippen LogP contribution in [0.1, 0.15) is 31.9 Å². The maximum Gasteiger partial charge on any atom is 0.266 e. The molecule has 2 aromatic carbocycles. The molecule has 1 heterocycles. The number of carbonyl (C=O) groups is 1. The van der Waals surface area contributed by atoms with Gasteiger partial charge in [0.15, 0.2) is 11.5 Å². The highest BCUT2D eigenvalue weighted by molar-refractivity contribution is 8.26. The maximum absolute atomic E-state index is 12.6. The molecule has 1 amide bonds. The Morgan fingerprint density at radius 1 is 1.11 bits per heavy atom. The molecule has 0 aromatic heterocycles. The van der Waals surface area contributed by atoms with E-state index in [1.54, 1.807) is 4.90 Å². The molecule has 0 saturated carbocycles. The third kappa shape index (κ3) is 4.75. The number of rotatable bonds is 7. The molecule has 0 spiro atoms. The third-order valence-corrected chi connectivity index (χ3v) is 5.47. The number of benzene rings is 2. The first-order chi connectivity index (χ1) is 13.5. The molecule has 0 radical (unpaired) electrons. The van der Waals surface area contributed by atoms with E-state index in [0.717, 1.165) is 11.1 Å². The van der Waals surface area contributed by atoms with E-state index in [1.165, 1.54) is 11.8 Å². The minimum absolute atomic E-state index is 0.0474. The van der Waals surface area contributed by atoms with Gasteiger partial charge in [0.05, 0.1) is 11.5 Å². The van der Waals surface area contributed by atoms with Crippen LogP contribution < -0.4 is 9.47 Å². The average molecular weight is 414 g/mol. The van der Waals surface area contributed by atoms with E-state index in [2.05, 4.69) is 0 Å². The van der Waals surface area contributed by atoms with Crippen molar-refractivity contribution in [1.29, 1.82) is 0 Å². The summed E-state index contributed by atoms with van der Waals surface area (Å²) >= 11 is 6.67. The van der Waals surface area contributed by atoms with Gasteiger partial charge in [0, 0.05) is 6.04 Å².